The Morgan fingerprint density at radius 3 is 2.84 bits per heavy atom. The van der Waals surface area contributed by atoms with Gasteiger partial charge in [-0.05, 0) is 20.0 Å². The molecule has 136 valence electrons. The third-order valence-electron chi connectivity index (χ3n) is 4.47. The summed E-state index contributed by atoms with van der Waals surface area (Å²) >= 11 is 0. The lowest BCUT2D eigenvalue weighted by Gasteiger charge is -2.37. The average molecular weight is 346 g/mol. The summed E-state index contributed by atoms with van der Waals surface area (Å²) in [4.78, 5) is 9.08. The number of rotatable bonds is 7. The number of likely N-dealkylation sites (N-methyl/N-ethyl adjacent to an activating group) is 1. The van der Waals surface area contributed by atoms with Gasteiger partial charge in [0.15, 0.2) is 5.82 Å². The minimum Gasteiger partial charge on any atom is -0.491 e. The van der Waals surface area contributed by atoms with Crippen molar-refractivity contribution in [3.63, 3.8) is 0 Å². The standard InChI is InChI=1S/C18H26N4O3/c1-14-19-18(25-20-14)16-13-22(9-8-21(16)2)12-15-6-4-5-7-17(15)24-11-10-23-3/h4-7,16H,8-13H2,1-3H3. The van der Waals surface area contributed by atoms with E-state index < -0.39 is 0 Å². The molecule has 0 radical (unpaired) electrons. The Bertz CT molecular complexity index is 676. The van der Waals surface area contributed by atoms with Crippen LogP contribution >= 0.6 is 0 Å². The van der Waals surface area contributed by atoms with Gasteiger partial charge in [-0.2, -0.15) is 4.98 Å². The fraction of sp³-hybridized carbons (Fsp3) is 0.556. The summed E-state index contributed by atoms with van der Waals surface area (Å²) < 4.78 is 16.3. The van der Waals surface area contributed by atoms with Crippen LogP contribution in [0.2, 0.25) is 0 Å². The van der Waals surface area contributed by atoms with Crippen molar-refractivity contribution >= 4 is 0 Å². The van der Waals surface area contributed by atoms with Crippen molar-refractivity contribution in [3.05, 3.63) is 41.5 Å². The van der Waals surface area contributed by atoms with E-state index in [-0.39, 0.29) is 6.04 Å². The number of aryl methyl sites for hydroxylation is 1. The Morgan fingerprint density at radius 1 is 1.24 bits per heavy atom. The number of methoxy groups -OCH3 is 1. The summed E-state index contributed by atoms with van der Waals surface area (Å²) in [6.45, 7) is 6.62. The van der Waals surface area contributed by atoms with Gasteiger partial charge in [0.25, 0.3) is 0 Å². The lowest BCUT2D eigenvalue weighted by Crippen LogP contribution is -2.46. The van der Waals surface area contributed by atoms with Gasteiger partial charge in [-0.15, -0.1) is 0 Å². The third kappa shape index (κ3) is 4.56. The zero-order chi connectivity index (χ0) is 17.6. The van der Waals surface area contributed by atoms with E-state index in [1.165, 1.54) is 5.56 Å². The van der Waals surface area contributed by atoms with Gasteiger partial charge in [-0.25, -0.2) is 0 Å². The molecule has 1 saturated heterocycles. The number of piperazine rings is 1. The van der Waals surface area contributed by atoms with E-state index in [1.54, 1.807) is 7.11 Å². The molecule has 1 aliphatic rings. The van der Waals surface area contributed by atoms with Gasteiger partial charge in [-0.1, -0.05) is 23.4 Å². The summed E-state index contributed by atoms with van der Waals surface area (Å²) in [6.07, 6.45) is 0. The molecule has 7 heteroatoms. The third-order valence-corrected chi connectivity index (χ3v) is 4.47. The first-order valence-corrected chi connectivity index (χ1v) is 8.60. The van der Waals surface area contributed by atoms with Gasteiger partial charge in [-0.3, -0.25) is 9.80 Å². The predicted molar refractivity (Wildman–Crippen MR) is 93.5 cm³/mol. The summed E-state index contributed by atoms with van der Waals surface area (Å²) in [6, 6.07) is 8.30. The molecule has 1 fully saturated rings. The largest absolute Gasteiger partial charge is 0.491 e. The van der Waals surface area contributed by atoms with E-state index in [9.17, 15) is 0 Å². The van der Waals surface area contributed by atoms with Crippen molar-refractivity contribution in [1.82, 2.24) is 19.9 Å². The molecule has 0 saturated carbocycles. The molecule has 0 bridgehead atoms. The maximum atomic E-state index is 5.85. The highest BCUT2D eigenvalue weighted by Gasteiger charge is 2.30. The van der Waals surface area contributed by atoms with Gasteiger partial charge in [0, 0.05) is 38.9 Å². The Hall–Kier alpha value is -1.96. The van der Waals surface area contributed by atoms with Crippen molar-refractivity contribution in [3.8, 4) is 5.75 Å². The molecule has 1 aliphatic heterocycles. The molecule has 3 rings (SSSR count). The second kappa shape index (κ2) is 8.42. The lowest BCUT2D eigenvalue weighted by atomic mass is 10.1. The Kier molecular flexibility index (Phi) is 6.01. The number of hydrogen-bond donors (Lipinski definition) is 0. The second-order valence-electron chi connectivity index (χ2n) is 6.36. The fourth-order valence-corrected chi connectivity index (χ4v) is 3.04. The molecule has 2 heterocycles. The van der Waals surface area contributed by atoms with Crippen molar-refractivity contribution in [2.24, 2.45) is 0 Å². The van der Waals surface area contributed by atoms with Crippen LogP contribution < -0.4 is 4.74 Å². The summed E-state index contributed by atoms with van der Waals surface area (Å²) in [7, 11) is 3.78. The van der Waals surface area contributed by atoms with Gasteiger partial charge in [0.05, 0.1) is 6.61 Å². The average Bonchev–Trinajstić information content (AvgIpc) is 3.04. The van der Waals surface area contributed by atoms with E-state index in [1.807, 2.05) is 25.1 Å². The van der Waals surface area contributed by atoms with Gasteiger partial charge < -0.3 is 14.0 Å². The quantitative estimate of drug-likeness (QED) is 0.709. The van der Waals surface area contributed by atoms with Crippen molar-refractivity contribution in [2.75, 3.05) is 47.0 Å². The molecule has 7 nitrogen and oxygen atoms in total. The first-order chi connectivity index (χ1) is 12.2. The molecule has 1 unspecified atom stereocenters. The summed E-state index contributed by atoms with van der Waals surface area (Å²) in [5.74, 6) is 2.29. The molecular weight excluding hydrogens is 320 g/mol. The topological polar surface area (TPSA) is 63.9 Å². The van der Waals surface area contributed by atoms with E-state index in [2.05, 4.69) is 33.1 Å². The smallest absolute Gasteiger partial charge is 0.245 e. The van der Waals surface area contributed by atoms with E-state index in [0.717, 1.165) is 31.9 Å². The molecule has 1 aromatic carbocycles. The molecule has 0 spiro atoms. The molecule has 1 aromatic heterocycles. The minimum absolute atomic E-state index is 0.122. The number of nitrogens with zero attached hydrogens (tertiary/aromatic N) is 4. The highest BCUT2D eigenvalue weighted by Crippen LogP contribution is 2.26. The highest BCUT2D eigenvalue weighted by molar-refractivity contribution is 5.33. The van der Waals surface area contributed by atoms with E-state index in [4.69, 9.17) is 14.0 Å². The van der Waals surface area contributed by atoms with Crippen molar-refractivity contribution in [1.29, 1.82) is 0 Å². The van der Waals surface area contributed by atoms with Crippen LogP contribution in [0, 0.1) is 6.92 Å². The van der Waals surface area contributed by atoms with Crippen molar-refractivity contribution < 1.29 is 14.0 Å². The Balaban J connectivity index is 1.67. The van der Waals surface area contributed by atoms with Crippen LogP contribution in [0.1, 0.15) is 23.3 Å². The van der Waals surface area contributed by atoms with Crippen LogP contribution in [0.5, 0.6) is 5.75 Å². The van der Waals surface area contributed by atoms with Crippen LogP contribution in [0.25, 0.3) is 0 Å². The molecule has 0 amide bonds. The number of hydrogen-bond acceptors (Lipinski definition) is 7. The monoisotopic (exact) mass is 346 g/mol. The second-order valence-corrected chi connectivity index (χ2v) is 6.36. The van der Waals surface area contributed by atoms with E-state index >= 15 is 0 Å². The maximum absolute atomic E-state index is 5.85. The Labute approximate surface area is 148 Å². The first kappa shape index (κ1) is 17.8. The van der Waals surface area contributed by atoms with Crippen LogP contribution in [-0.2, 0) is 11.3 Å². The van der Waals surface area contributed by atoms with E-state index in [0.29, 0.717) is 24.9 Å². The SMILES string of the molecule is COCCOc1ccccc1CN1CCN(C)C(c2nc(C)no2)C1. The number of para-hydroxylation sites is 1. The summed E-state index contributed by atoms with van der Waals surface area (Å²) in [5, 5.41) is 3.93. The molecule has 2 aromatic rings. The number of aromatic nitrogens is 2. The number of benzene rings is 1. The van der Waals surface area contributed by atoms with Crippen molar-refractivity contribution in [2.45, 2.75) is 19.5 Å². The molecule has 0 N–H and O–H groups in total. The minimum atomic E-state index is 0.122. The van der Waals surface area contributed by atoms with Gasteiger partial charge >= 0.3 is 0 Å². The molecule has 1 atom stereocenters. The van der Waals surface area contributed by atoms with Crippen LogP contribution in [0.4, 0.5) is 0 Å². The first-order valence-electron chi connectivity index (χ1n) is 8.60. The zero-order valence-electron chi connectivity index (χ0n) is 15.1. The maximum Gasteiger partial charge on any atom is 0.245 e. The number of ether oxygens (including phenoxy) is 2. The van der Waals surface area contributed by atoms with Gasteiger partial charge in [0.2, 0.25) is 5.89 Å². The van der Waals surface area contributed by atoms with Crippen LogP contribution in [0.15, 0.2) is 28.8 Å². The lowest BCUT2D eigenvalue weighted by molar-refractivity contribution is 0.0705. The predicted octanol–water partition coefficient (Wildman–Crippen LogP) is 1.89. The molecule has 0 aliphatic carbocycles. The van der Waals surface area contributed by atoms with Crippen LogP contribution in [0.3, 0.4) is 0 Å². The molecular formula is C18H26N4O3. The zero-order valence-corrected chi connectivity index (χ0v) is 15.1. The van der Waals surface area contributed by atoms with Gasteiger partial charge in [0.1, 0.15) is 18.4 Å². The summed E-state index contributed by atoms with van der Waals surface area (Å²) in [5.41, 5.74) is 1.18. The highest BCUT2D eigenvalue weighted by atomic mass is 16.5. The normalized spacial score (nSPS) is 19.2. The van der Waals surface area contributed by atoms with Crippen LogP contribution in [-0.4, -0.2) is 66.9 Å². The Morgan fingerprint density at radius 2 is 2.08 bits per heavy atom. The molecule has 25 heavy (non-hydrogen) atoms. The fourth-order valence-electron chi connectivity index (χ4n) is 3.04.